The maximum atomic E-state index is 11.9. The largest absolute Gasteiger partial charge is 0.486 e. The van der Waals surface area contributed by atoms with E-state index in [1.807, 2.05) is 0 Å². The van der Waals surface area contributed by atoms with E-state index in [2.05, 4.69) is 0 Å². The van der Waals surface area contributed by atoms with Crippen LogP contribution in [-0.2, 0) is 7.05 Å². The van der Waals surface area contributed by atoms with Gasteiger partial charge in [-0.3, -0.25) is 14.2 Å². The molecule has 0 fully saturated rings. The van der Waals surface area contributed by atoms with E-state index >= 15 is 0 Å². The highest BCUT2D eigenvalue weighted by Crippen LogP contribution is 2.31. The van der Waals surface area contributed by atoms with Gasteiger partial charge in [0.2, 0.25) is 0 Å². The molecule has 0 amide bonds. The summed E-state index contributed by atoms with van der Waals surface area (Å²) >= 11 is 0. The summed E-state index contributed by atoms with van der Waals surface area (Å²) in [5.41, 5.74) is -0.592. The fraction of sp³-hybridized carbons (Fsp3) is 0.231. The van der Waals surface area contributed by atoms with Crippen LogP contribution < -0.4 is 20.6 Å². The molecular formula is C13H12N2O4. The van der Waals surface area contributed by atoms with Crippen LogP contribution in [0.3, 0.4) is 0 Å². The van der Waals surface area contributed by atoms with Gasteiger partial charge in [-0.15, -0.1) is 0 Å². The van der Waals surface area contributed by atoms with Gasteiger partial charge in [0.05, 0.1) is 5.69 Å². The number of nitrogens with zero attached hydrogens (tertiary/aromatic N) is 2. The van der Waals surface area contributed by atoms with Gasteiger partial charge in [0.1, 0.15) is 13.2 Å². The smallest absolute Gasteiger partial charge is 0.320 e. The molecule has 2 aromatic rings. The lowest BCUT2D eigenvalue weighted by Crippen LogP contribution is -2.38. The van der Waals surface area contributed by atoms with Crippen LogP contribution in [0.25, 0.3) is 5.69 Å². The lowest BCUT2D eigenvalue weighted by atomic mass is 10.2. The number of fused-ring (bicyclic) bond motifs is 1. The Labute approximate surface area is 108 Å². The van der Waals surface area contributed by atoms with E-state index in [0.29, 0.717) is 30.4 Å². The minimum absolute atomic E-state index is 0.474. The van der Waals surface area contributed by atoms with Gasteiger partial charge < -0.3 is 14.0 Å². The monoisotopic (exact) mass is 260 g/mol. The van der Waals surface area contributed by atoms with Gasteiger partial charge in [0, 0.05) is 25.5 Å². The molecule has 0 aliphatic carbocycles. The molecule has 0 saturated heterocycles. The minimum Gasteiger partial charge on any atom is -0.486 e. The van der Waals surface area contributed by atoms with Gasteiger partial charge in [-0.1, -0.05) is 0 Å². The van der Waals surface area contributed by atoms with Crippen molar-refractivity contribution in [3.8, 4) is 17.2 Å². The second kappa shape index (κ2) is 4.31. The van der Waals surface area contributed by atoms with Gasteiger partial charge in [0.25, 0.3) is 0 Å². The summed E-state index contributed by atoms with van der Waals surface area (Å²) in [5, 5.41) is 0. The summed E-state index contributed by atoms with van der Waals surface area (Å²) in [5.74, 6) is 1.23. The Morgan fingerprint density at radius 2 is 1.74 bits per heavy atom. The van der Waals surface area contributed by atoms with Crippen LogP contribution in [0.4, 0.5) is 0 Å². The lowest BCUT2D eigenvalue weighted by Gasteiger charge is -2.19. The van der Waals surface area contributed by atoms with Crippen molar-refractivity contribution in [3.63, 3.8) is 0 Å². The predicted octanol–water partition coefficient (Wildman–Crippen LogP) is 0.307. The van der Waals surface area contributed by atoms with E-state index < -0.39 is 11.1 Å². The first-order chi connectivity index (χ1) is 9.16. The summed E-state index contributed by atoms with van der Waals surface area (Å²) < 4.78 is 13.4. The molecule has 0 bridgehead atoms. The van der Waals surface area contributed by atoms with Crippen molar-refractivity contribution in [2.45, 2.75) is 0 Å². The quantitative estimate of drug-likeness (QED) is 0.692. The minimum atomic E-state index is -0.596. The Kier molecular flexibility index (Phi) is 2.63. The molecular weight excluding hydrogens is 248 g/mol. The molecule has 98 valence electrons. The summed E-state index contributed by atoms with van der Waals surface area (Å²) in [7, 11) is 1.54. The zero-order valence-electron chi connectivity index (χ0n) is 10.3. The summed E-state index contributed by atoms with van der Waals surface area (Å²) in [6, 6.07) is 5.14. The van der Waals surface area contributed by atoms with Crippen LogP contribution in [-0.4, -0.2) is 22.3 Å². The second-order valence-corrected chi connectivity index (χ2v) is 4.22. The number of aromatic nitrogens is 2. The molecule has 0 N–H and O–H groups in total. The average Bonchev–Trinajstić information content (AvgIpc) is 2.44. The van der Waals surface area contributed by atoms with Crippen molar-refractivity contribution < 1.29 is 9.47 Å². The lowest BCUT2D eigenvalue weighted by molar-refractivity contribution is 0.171. The number of benzene rings is 1. The van der Waals surface area contributed by atoms with Crippen molar-refractivity contribution in [2.75, 3.05) is 13.2 Å². The van der Waals surface area contributed by atoms with Gasteiger partial charge in [-0.2, -0.15) is 0 Å². The molecule has 1 aromatic heterocycles. The number of rotatable bonds is 1. The van der Waals surface area contributed by atoms with Crippen LogP contribution in [0.1, 0.15) is 0 Å². The number of aryl methyl sites for hydroxylation is 1. The fourth-order valence-electron chi connectivity index (χ4n) is 1.94. The van der Waals surface area contributed by atoms with Crippen LogP contribution in [0.15, 0.2) is 40.2 Å². The highest BCUT2D eigenvalue weighted by Gasteiger charge is 2.13. The molecule has 3 rings (SSSR count). The van der Waals surface area contributed by atoms with E-state index in [1.165, 1.54) is 16.2 Å². The molecule has 0 atom stereocenters. The standard InChI is InChI=1S/C13H12N2O4/c1-14-4-5-15(13(17)12(14)16)9-2-3-10-11(8-9)19-7-6-18-10/h2-5,8H,6-7H2,1H3. The first-order valence-electron chi connectivity index (χ1n) is 5.85. The molecule has 1 aromatic carbocycles. The fourth-order valence-corrected chi connectivity index (χ4v) is 1.94. The van der Waals surface area contributed by atoms with E-state index in [1.54, 1.807) is 30.6 Å². The molecule has 0 spiro atoms. The molecule has 2 heterocycles. The predicted molar refractivity (Wildman–Crippen MR) is 68.3 cm³/mol. The SMILES string of the molecule is Cn1ccn(-c2ccc3c(c2)OCCO3)c(=O)c1=O. The maximum absolute atomic E-state index is 11.9. The van der Waals surface area contributed by atoms with E-state index in [4.69, 9.17) is 9.47 Å². The Balaban J connectivity index is 2.15. The molecule has 0 radical (unpaired) electrons. The molecule has 1 aliphatic rings. The first-order valence-corrected chi connectivity index (χ1v) is 5.85. The zero-order valence-corrected chi connectivity index (χ0v) is 10.3. The Morgan fingerprint density at radius 1 is 1.00 bits per heavy atom. The molecule has 6 nitrogen and oxygen atoms in total. The van der Waals surface area contributed by atoms with E-state index in [-0.39, 0.29) is 0 Å². The topological polar surface area (TPSA) is 62.5 Å². The van der Waals surface area contributed by atoms with Gasteiger partial charge >= 0.3 is 11.1 Å². The van der Waals surface area contributed by atoms with Crippen molar-refractivity contribution in [1.82, 2.24) is 9.13 Å². The van der Waals surface area contributed by atoms with E-state index in [9.17, 15) is 9.59 Å². The van der Waals surface area contributed by atoms with E-state index in [0.717, 1.165) is 0 Å². The molecule has 0 unspecified atom stereocenters. The first kappa shape index (κ1) is 11.6. The van der Waals surface area contributed by atoms with Gasteiger partial charge in [-0.05, 0) is 12.1 Å². The van der Waals surface area contributed by atoms with Crippen molar-refractivity contribution in [2.24, 2.45) is 7.05 Å². The van der Waals surface area contributed by atoms with Gasteiger partial charge in [0.15, 0.2) is 11.5 Å². The highest BCUT2D eigenvalue weighted by atomic mass is 16.6. The van der Waals surface area contributed by atoms with Crippen molar-refractivity contribution >= 4 is 0 Å². The van der Waals surface area contributed by atoms with Crippen molar-refractivity contribution in [3.05, 3.63) is 51.3 Å². The number of hydrogen-bond donors (Lipinski definition) is 0. The Morgan fingerprint density at radius 3 is 2.53 bits per heavy atom. The third-order valence-electron chi connectivity index (χ3n) is 2.97. The Hall–Kier alpha value is -2.50. The van der Waals surface area contributed by atoms with Crippen LogP contribution >= 0.6 is 0 Å². The molecule has 1 aliphatic heterocycles. The zero-order chi connectivity index (χ0) is 13.4. The van der Waals surface area contributed by atoms with Gasteiger partial charge in [-0.25, -0.2) is 0 Å². The van der Waals surface area contributed by atoms with Crippen molar-refractivity contribution in [1.29, 1.82) is 0 Å². The third-order valence-corrected chi connectivity index (χ3v) is 2.97. The van der Waals surface area contributed by atoms with Crippen LogP contribution in [0, 0.1) is 0 Å². The number of hydrogen-bond acceptors (Lipinski definition) is 4. The highest BCUT2D eigenvalue weighted by molar-refractivity contribution is 5.49. The van der Waals surface area contributed by atoms with Crippen LogP contribution in [0.5, 0.6) is 11.5 Å². The summed E-state index contributed by atoms with van der Waals surface area (Å²) in [6.07, 6.45) is 3.09. The molecule has 0 saturated carbocycles. The van der Waals surface area contributed by atoms with Crippen LogP contribution in [0.2, 0.25) is 0 Å². The Bertz CT molecular complexity index is 745. The molecule has 6 heteroatoms. The maximum Gasteiger partial charge on any atom is 0.320 e. The third kappa shape index (κ3) is 1.91. The summed E-state index contributed by atoms with van der Waals surface area (Å²) in [6.45, 7) is 0.986. The summed E-state index contributed by atoms with van der Waals surface area (Å²) in [4.78, 5) is 23.5. The second-order valence-electron chi connectivity index (χ2n) is 4.22. The average molecular weight is 260 g/mol. The number of ether oxygens (including phenoxy) is 2. The molecule has 19 heavy (non-hydrogen) atoms. The normalized spacial score (nSPS) is 13.3.